The van der Waals surface area contributed by atoms with E-state index < -0.39 is 0 Å². The molecule has 0 aliphatic heterocycles. The van der Waals surface area contributed by atoms with Gasteiger partial charge in [-0.25, -0.2) is 24.3 Å². The molecule has 5 rings (SSSR count). The SMILES string of the molecule is C1=C([c-]2cccc2)C=C1[c-]1cccc1.[Fe+2].[Fe+2].c1cc[cH-]c1.c1cc[cH-]c1. The van der Waals surface area contributed by atoms with Crippen LogP contribution in [0.15, 0.2) is 121 Å². The van der Waals surface area contributed by atoms with Gasteiger partial charge in [-0.1, -0.05) is 11.1 Å². The Kier molecular flexibility index (Phi) is 10.4. The van der Waals surface area contributed by atoms with E-state index in [0.717, 1.165) is 0 Å². The van der Waals surface area contributed by atoms with E-state index in [9.17, 15) is 0 Å². The van der Waals surface area contributed by atoms with Gasteiger partial charge in [-0.2, -0.15) is 60.7 Å². The minimum Gasteiger partial charge on any atom is -0.214 e. The maximum Gasteiger partial charge on any atom is 2.00 e. The van der Waals surface area contributed by atoms with E-state index in [2.05, 4.69) is 60.7 Å². The first-order valence-corrected chi connectivity index (χ1v) is 8.14. The maximum atomic E-state index is 2.24. The molecule has 26 heavy (non-hydrogen) atoms. The molecule has 0 bridgehead atoms. The van der Waals surface area contributed by atoms with E-state index in [0.29, 0.717) is 0 Å². The summed E-state index contributed by atoms with van der Waals surface area (Å²) in [4.78, 5) is 0. The molecule has 0 unspecified atom stereocenters. The summed E-state index contributed by atoms with van der Waals surface area (Å²) in [5, 5.41) is 0. The summed E-state index contributed by atoms with van der Waals surface area (Å²) in [6.45, 7) is 0. The molecule has 0 radical (unpaired) electrons. The molecule has 0 spiro atoms. The van der Waals surface area contributed by atoms with Crippen LogP contribution < -0.4 is 0 Å². The van der Waals surface area contributed by atoms with Crippen molar-refractivity contribution in [1.82, 2.24) is 0 Å². The third-order valence-electron chi connectivity index (χ3n) is 3.73. The molecule has 0 atom stereocenters. The van der Waals surface area contributed by atoms with Crippen molar-refractivity contribution in [2.75, 3.05) is 0 Å². The van der Waals surface area contributed by atoms with Gasteiger partial charge in [0, 0.05) is 0 Å². The molecule has 4 aromatic carbocycles. The fraction of sp³-hybridized carbons (Fsp3) is 0. The third kappa shape index (κ3) is 6.67. The van der Waals surface area contributed by atoms with Crippen molar-refractivity contribution in [3.63, 3.8) is 0 Å². The van der Waals surface area contributed by atoms with Gasteiger partial charge in [-0.15, -0.1) is 47.6 Å². The third-order valence-corrected chi connectivity index (χ3v) is 3.73. The Morgan fingerprint density at radius 2 is 0.769 bits per heavy atom. The van der Waals surface area contributed by atoms with Crippen molar-refractivity contribution in [1.29, 1.82) is 0 Å². The Balaban J connectivity index is 0.000000235. The first kappa shape index (κ1) is 22.0. The number of hydrogen-bond donors (Lipinski definition) is 0. The van der Waals surface area contributed by atoms with Crippen LogP contribution in [-0.2, 0) is 34.1 Å². The predicted octanol–water partition coefficient (Wildman–Crippen LogP) is 6.41. The molecule has 0 aromatic heterocycles. The predicted molar refractivity (Wildman–Crippen MR) is 104 cm³/mol. The summed E-state index contributed by atoms with van der Waals surface area (Å²) in [6, 6.07) is 36.9. The summed E-state index contributed by atoms with van der Waals surface area (Å²) in [7, 11) is 0. The first-order valence-electron chi connectivity index (χ1n) is 8.14. The van der Waals surface area contributed by atoms with Crippen LogP contribution >= 0.6 is 0 Å². The van der Waals surface area contributed by atoms with Gasteiger partial charge in [0.2, 0.25) is 0 Å². The number of rotatable bonds is 2. The van der Waals surface area contributed by atoms with Crippen LogP contribution in [0.25, 0.3) is 11.1 Å². The second-order valence-corrected chi connectivity index (χ2v) is 5.47. The molecule has 0 saturated carbocycles. The molecule has 0 nitrogen and oxygen atoms in total. The molecule has 0 saturated heterocycles. The smallest absolute Gasteiger partial charge is 0.214 e. The molecule has 1 aliphatic carbocycles. The van der Waals surface area contributed by atoms with E-state index in [-0.39, 0.29) is 34.1 Å². The number of hydrogen-bond acceptors (Lipinski definition) is 0. The van der Waals surface area contributed by atoms with E-state index in [1.165, 1.54) is 22.3 Å². The van der Waals surface area contributed by atoms with E-state index in [4.69, 9.17) is 0 Å². The van der Waals surface area contributed by atoms with Crippen LogP contribution in [0.1, 0.15) is 11.1 Å². The quantitative estimate of drug-likeness (QED) is 0.260. The molecular weight excluding hydrogens is 400 g/mol. The van der Waals surface area contributed by atoms with Crippen molar-refractivity contribution >= 4 is 11.1 Å². The average molecular weight is 420 g/mol. The second kappa shape index (κ2) is 12.3. The van der Waals surface area contributed by atoms with Crippen LogP contribution in [0.2, 0.25) is 0 Å². The fourth-order valence-electron chi connectivity index (χ4n) is 2.43. The molecule has 1 aliphatic rings. The van der Waals surface area contributed by atoms with Crippen molar-refractivity contribution in [3.05, 3.63) is 132 Å². The van der Waals surface area contributed by atoms with Crippen LogP contribution in [0.5, 0.6) is 0 Å². The summed E-state index contributed by atoms with van der Waals surface area (Å²) >= 11 is 0. The minimum absolute atomic E-state index is 0. The summed E-state index contributed by atoms with van der Waals surface area (Å²) in [6.07, 6.45) is 4.48. The molecule has 0 amide bonds. The van der Waals surface area contributed by atoms with E-state index >= 15 is 0 Å². The second-order valence-electron chi connectivity index (χ2n) is 5.47. The van der Waals surface area contributed by atoms with E-state index in [1.807, 2.05) is 60.7 Å². The van der Waals surface area contributed by atoms with Crippen LogP contribution in [-0.4, -0.2) is 0 Å². The molecular formula is C24H20Fe2. The first-order chi connectivity index (χ1) is 11.9. The summed E-state index contributed by atoms with van der Waals surface area (Å²) in [5.74, 6) is 0. The van der Waals surface area contributed by atoms with E-state index in [1.54, 1.807) is 0 Å². The Labute approximate surface area is 177 Å². The Morgan fingerprint density at radius 1 is 0.462 bits per heavy atom. The molecule has 0 heterocycles. The van der Waals surface area contributed by atoms with Gasteiger partial charge in [0.1, 0.15) is 0 Å². The Hall–Kier alpha value is -2.08. The molecule has 2 heteroatoms. The fourth-order valence-corrected chi connectivity index (χ4v) is 2.43. The van der Waals surface area contributed by atoms with Gasteiger partial charge in [0.25, 0.3) is 0 Å². The summed E-state index contributed by atoms with van der Waals surface area (Å²) < 4.78 is 0. The molecule has 132 valence electrons. The van der Waals surface area contributed by atoms with Crippen molar-refractivity contribution in [2.45, 2.75) is 0 Å². The summed E-state index contributed by atoms with van der Waals surface area (Å²) in [5.41, 5.74) is 5.32. The van der Waals surface area contributed by atoms with Crippen molar-refractivity contribution in [3.8, 4) is 0 Å². The molecule has 4 aromatic rings. The zero-order valence-corrected chi connectivity index (χ0v) is 16.5. The minimum atomic E-state index is 0. The van der Waals surface area contributed by atoms with Crippen LogP contribution in [0.4, 0.5) is 0 Å². The zero-order valence-electron chi connectivity index (χ0n) is 14.3. The zero-order chi connectivity index (χ0) is 16.5. The van der Waals surface area contributed by atoms with Gasteiger partial charge < -0.3 is 0 Å². The van der Waals surface area contributed by atoms with Crippen LogP contribution in [0, 0.1) is 0 Å². The van der Waals surface area contributed by atoms with Gasteiger partial charge in [0.05, 0.1) is 0 Å². The Morgan fingerprint density at radius 3 is 1.00 bits per heavy atom. The number of allylic oxidation sites excluding steroid dienone is 4. The van der Waals surface area contributed by atoms with Crippen LogP contribution in [0.3, 0.4) is 0 Å². The topological polar surface area (TPSA) is 0 Å². The normalized spacial score (nSPS) is 10.9. The van der Waals surface area contributed by atoms with Gasteiger partial charge in [-0.3, -0.25) is 0 Å². The monoisotopic (exact) mass is 420 g/mol. The average Bonchev–Trinajstić information content (AvgIpc) is 3.37. The van der Waals surface area contributed by atoms with Gasteiger partial charge in [0.15, 0.2) is 0 Å². The van der Waals surface area contributed by atoms with Crippen molar-refractivity contribution in [2.24, 2.45) is 0 Å². The Bertz CT molecular complexity index is 711. The van der Waals surface area contributed by atoms with Gasteiger partial charge in [-0.05, 0) is 0 Å². The standard InChI is InChI=1S/C14H10.2C5H5.2Fe/c1-2-6-11(5-1)13-9-14(10-13)12-7-3-4-8-12;2*1-2-4-5-3-1;;/h1-10H;2*1-5H;;/q-2;2*-1;2*+2. The largest absolute Gasteiger partial charge is 2.00 e. The maximum absolute atomic E-state index is 2.24. The van der Waals surface area contributed by atoms with Crippen molar-refractivity contribution < 1.29 is 34.1 Å². The molecule has 0 fully saturated rings. The van der Waals surface area contributed by atoms with Gasteiger partial charge >= 0.3 is 34.1 Å². The molecule has 0 N–H and O–H groups in total.